The van der Waals surface area contributed by atoms with Gasteiger partial charge in [-0.3, -0.25) is 9.36 Å². The molecule has 1 aromatic carbocycles. The minimum atomic E-state index is -1.11. The number of aromatic nitrogens is 2. The first kappa shape index (κ1) is 18.1. The molecule has 0 aliphatic heterocycles. The van der Waals surface area contributed by atoms with E-state index in [2.05, 4.69) is 4.98 Å². The molecule has 0 fully saturated rings. The van der Waals surface area contributed by atoms with Gasteiger partial charge in [-0.1, -0.05) is 19.1 Å². The number of rotatable bonds is 7. The summed E-state index contributed by atoms with van der Waals surface area (Å²) in [6, 6.07) is 7.69. The van der Waals surface area contributed by atoms with E-state index in [0.29, 0.717) is 30.2 Å². The van der Waals surface area contributed by atoms with Crippen LogP contribution in [0.1, 0.15) is 35.1 Å². The van der Waals surface area contributed by atoms with E-state index in [9.17, 15) is 14.7 Å². The molecule has 3 rings (SSSR count). The Labute approximate surface area is 154 Å². The molecule has 2 aromatic heterocycles. The minimum absolute atomic E-state index is 0.0129. The van der Waals surface area contributed by atoms with E-state index < -0.39 is 5.97 Å². The van der Waals surface area contributed by atoms with Gasteiger partial charge in [0, 0.05) is 11.8 Å². The molecule has 0 unspecified atom stereocenters. The number of aromatic carboxylic acids is 1. The third kappa shape index (κ3) is 3.62. The van der Waals surface area contributed by atoms with E-state index in [0.717, 1.165) is 17.7 Å². The molecule has 0 bridgehead atoms. The van der Waals surface area contributed by atoms with Crippen LogP contribution in [0.3, 0.4) is 0 Å². The summed E-state index contributed by atoms with van der Waals surface area (Å²) in [5.41, 5.74) is 0.794. The van der Waals surface area contributed by atoms with Crippen LogP contribution in [0.2, 0.25) is 0 Å². The summed E-state index contributed by atoms with van der Waals surface area (Å²) in [6.07, 6.45) is 1.49. The van der Waals surface area contributed by atoms with Crippen LogP contribution < -0.4 is 10.3 Å². The van der Waals surface area contributed by atoms with Gasteiger partial charge in [0.25, 0.3) is 5.56 Å². The largest absolute Gasteiger partial charge is 0.492 e. The molecule has 26 heavy (non-hydrogen) atoms. The Morgan fingerprint density at radius 3 is 2.88 bits per heavy atom. The standard InChI is InChI=1S/C19H20N2O4S/c1-3-5-15-20-17-16(14(11-26-17)19(23)24)18(22)21(15)8-9-25-13-7-4-6-12(2)10-13/h4,6-7,10-11H,3,5,8-9H2,1-2H3,(H,23,24). The zero-order valence-electron chi connectivity index (χ0n) is 14.7. The third-order valence-corrected chi connectivity index (χ3v) is 4.92. The molecule has 0 radical (unpaired) electrons. The Morgan fingerprint density at radius 2 is 2.19 bits per heavy atom. The van der Waals surface area contributed by atoms with Gasteiger partial charge in [0.05, 0.1) is 17.5 Å². The lowest BCUT2D eigenvalue weighted by Gasteiger charge is -2.13. The highest BCUT2D eigenvalue weighted by Crippen LogP contribution is 2.22. The van der Waals surface area contributed by atoms with Crippen LogP contribution in [0, 0.1) is 6.92 Å². The molecule has 136 valence electrons. The van der Waals surface area contributed by atoms with Crippen LogP contribution in [-0.4, -0.2) is 27.2 Å². The molecule has 0 saturated heterocycles. The summed E-state index contributed by atoms with van der Waals surface area (Å²) in [5.74, 6) is 0.295. The monoisotopic (exact) mass is 372 g/mol. The Hall–Kier alpha value is -2.67. The van der Waals surface area contributed by atoms with Crippen molar-refractivity contribution in [2.24, 2.45) is 0 Å². The molecule has 0 spiro atoms. The van der Waals surface area contributed by atoms with Crippen molar-refractivity contribution in [2.45, 2.75) is 33.2 Å². The van der Waals surface area contributed by atoms with Gasteiger partial charge in [-0.25, -0.2) is 9.78 Å². The van der Waals surface area contributed by atoms with Gasteiger partial charge >= 0.3 is 5.97 Å². The number of carboxylic acid groups (broad SMARTS) is 1. The van der Waals surface area contributed by atoms with E-state index in [1.54, 1.807) is 4.57 Å². The molecule has 2 heterocycles. The molecule has 3 aromatic rings. The second-order valence-corrected chi connectivity index (χ2v) is 6.89. The van der Waals surface area contributed by atoms with Crippen LogP contribution in [-0.2, 0) is 13.0 Å². The average Bonchev–Trinajstić information content (AvgIpc) is 3.02. The predicted octanol–water partition coefficient (Wildman–Crippen LogP) is 3.50. The minimum Gasteiger partial charge on any atom is -0.492 e. The van der Waals surface area contributed by atoms with Crippen molar-refractivity contribution in [3.05, 3.63) is 57.0 Å². The van der Waals surface area contributed by atoms with Crippen molar-refractivity contribution < 1.29 is 14.6 Å². The maximum atomic E-state index is 12.9. The zero-order valence-corrected chi connectivity index (χ0v) is 15.5. The lowest BCUT2D eigenvalue weighted by Crippen LogP contribution is -2.28. The SMILES string of the molecule is CCCc1nc2scc(C(=O)O)c2c(=O)n1CCOc1cccc(C)c1. The average molecular weight is 372 g/mol. The van der Waals surface area contributed by atoms with Crippen molar-refractivity contribution in [2.75, 3.05) is 6.61 Å². The summed E-state index contributed by atoms with van der Waals surface area (Å²) in [6.45, 7) is 4.62. The number of thiophene rings is 1. The molecule has 0 amide bonds. The van der Waals surface area contributed by atoms with Gasteiger partial charge in [-0.05, 0) is 31.0 Å². The number of carbonyl (C=O) groups is 1. The maximum Gasteiger partial charge on any atom is 0.337 e. The van der Waals surface area contributed by atoms with Crippen molar-refractivity contribution in [1.29, 1.82) is 0 Å². The number of nitrogens with zero attached hydrogens (tertiary/aromatic N) is 2. The number of hydrogen-bond acceptors (Lipinski definition) is 5. The smallest absolute Gasteiger partial charge is 0.337 e. The van der Waals surface area contributed by atoms with E-state index in [4.69, 9.17) is 4.74 Å². The topological polar surface area (TPSA) is 81.4 Å². The van der Waals surface area contributed by atoms with Crippen molar-refractivity contribution in [3.8, 4) is 5.75 Å². The first-order chi connectivity index (χ1) is 12.5. The zero-order chi connectivity index (χ0) is 18.7. The summed E-state index contributed by atoms with van der Waals surface area (Å²) >= 11 is 1.19. The first-order valence-electron chi connectivity index (χ1n) is 8.45. The highest BCUT2D eigenvalue weighted by atomic mass is 32.1. The molecule has 7 heteroatoms. The van der Waals surface area contributed by atoms with Crippen molar-refractivity contribution in [1.82, 2.24) is 9.55 Å². The van der Waals surface area contributed by atoms with Crippen LogP contribution in [0.5, 0.6) is 5.75 Å². The van der Waals surface area contributed by atoms with Gasteiger partial charge in [-0.2, -0.15) is 0 Å². The number of ether oxygens (including phenoxy) is 1. The highest BCUT2D eigenvalue weighted by molar-refractivity contribution is 7.17. The Bertz CT molecular complexity index is 1010. The van der Waals surface area contributed by atoms with Gasteiger partial charge in [0.2, 0.25) is 0 Å². The summed E-state index contributed by atoms with van der Waals surface area (Å²) in [5, 5.41) is 11.0. The Balaban J connectivity index is 1.93. The molecule has 6 nitrogen and oxygen atoms in total. The van der Waals surface area contributed by atoms with Gasteiger partial charge in [0.15, 0.2) is 0 Å². The molecule has 0 atom stereocenters. The fourth-order valence-electron chi connectivity index (χ4n) is 2.83. The Kier molecular flexibility index (Phi) is 5.37. The molecule has 0 aliphatic carbocycles. The molecule has 0 aliphatic rings. The van der Waals surface area contributed by atoms with Crippen LogP contribution in [0.25, 0.3) is 10.2 Å². The summed E-state index contributed by atoms with van der Waals surface area (Å²) in [4.78, 5) is 29.3. The second kappa shape index (κ2) is 7.70. The summed E-state index contributed by atoms with van der Waals surface area (Å²) < 4.78 is 7.29. The molecule has 1 N–H and O–H groups in total. The van der Waals surface area contributed by atoms with Gasteiger partial charge in [-0.15, -0.1) is 11.3 Å². The molecule has 0 saturated carbocycles. The fraction of sp³-hybridized carbons (Fsp3) is 0.316. The lowest BCUT2D eigenvalue weighted by atomic mass is 10.2. The van der Waals surface area contributed by atoms with Gasteiger partial charge < -0.3 is 9.84 Å². The van der Waals surface area contributed by atoms with Crippen LogP contribution in [0.4, 0.5) is 0 Å². The van der Waals surface area contributed by atoms with E-state index in [1.807, 2.05) is 38.1 Å². The normalized spacial score (nSPS) is 11.0. The molecular formula is C19H20N2O4S. The van der Waals surface area contributed by atoms with Crippen LogP contribution >= 0.6 is 11.3 Å². The fourth-order valence-corrected chi connectivity index (χ4v) is 3.75. The first-order valence-corrected chi connectivity index (χ1v) is 9.33. The Morgan fingerprint density at radius 1 is 1.38 bits per heavy atom. The summed E-state index contributed by atoms with van der Waals surface area (Å²) in [7, 11) is 0. The van der Waals surface area contributed by atoms with E-state index in [1.165, 1.54) is 16.7 Å². The lowest BCUT2D eigenvalue weighted by molar-refractivity contribution is 0.0699. The van der Waals surface area contributed by atoms with E-state index in [-0.39, 0.29) is 16.5 Å². The quantitative estimate of drug-likeness (QED) is 0.686. The molecular weight excluding hydrogens is 352 g/mol. The van der Waals surface area contributed by atoms with E-state index >= 15 is 0 Å². The second-order valence-electron chi connectivity index (χ2n) is 6.03. The number of hydrogen-bond donors (Lipinski definition) is 1. The van der Waals surface area contributed by atoms with Crippen molar-refractivity contribution in [3.63, 3.8) is 0 Å². The number of aryl methyl sites for hydroxylation is 2. The maximum absolute atomic E-state index is 12.9. The number of fused-ring (bicyclic) bond motifs is 1. The van der Waals surface area contributed by atoms with Gasteiger partial charge in [0.1, 0.15) is 23.0 Å². The number of benzene rings is 1. The van der Waals surface area contributed by atoms with Crippen LogP contribution in [0.15, 0.2) is 34.4 Å². The predicted molar refractivity (Wildman–Crippen MR) is 102 cm³/mol. The van der Waals surface area contributed by atoms with Crippen molar-refractivity contribution >= 4 is 27.5 Å². The third-order valence-electron chi connectivity index (χ3n) is 4.05. The highest BCUT2D eigenvalue weighted by Gasteiger charge is 2.19. The number of carboxylic acids is 1.